The van der Waals surface area contributed by atoms with Crippen LogP contribution < -0.4 is 5.32 Å². The molecule has 1 aromatic heterocycles. The van der Waals surface area contributed by atoms with Gasteiger partial charge in [-0.15, -0.1) is 0 Å². The maximum absolute atomic E-state index is 12.4. The molecule has 6 nitrogen and oxygen atoms in total. The highest BCUT2D eigenvalue weighted by molar-refractivity contribution is 5.93. The van der Waals surface area contributed by atoms with Gasteiger partial charge in [0, 0.05) is 6.42 Å². The molecular weight excluding hydrogens is 366 g/mol. The van der Waals surface area contributed by atoms with E-state index in [9.17, 15) is 9.59 Å². The first kappa shape index (κ1) is 19.7. The number of carbonyl (C=O) groups excluding carboxylic acids is 2. The van der Waals surface area contributed by atoms with Crippen molar-refractivity contribution < 1.29 is 14.3 Å². The predicted molar refractivity (Wildman–Crippen MR) is 111 cm³/mol. The van der Waals surface area contributed by atoms with Gasteiger partial charge in [0.2, 0.25) is 0 Å². The number of hydrogen-bond donors (Lipinski definition) is 1. The summed E-state index contributed by atoms with van der Waals surface area (Å²) in [6, 6.07) is 8.05. The van der Waals surface area contributed by atoms with Gasteiger partial charge in [-0.3, -0.25) is 9.59 Å². The summed E-state index contributed by atoms with van der Waals surface area (Å²) < 4.78 is 7.06. The van der Waals surface area contributed by atoms with E-state index in [-0.39, 0.29) is 18.5 Å². The SMILES string of the molecule is Cc1ccc(-n2nc(C)c(NC(=O)COC(=O)C[C@@H]3C[C@@H]4CC[C@@H]3C4)c2C)cc1. The van der Waals surface area contributed by atoms with Crippen molar-refractivity contribution in [3.8, 4) is 5.69 Å². The zero-order chi connectivity index (χ0) is 20.5. The molecule has 0 saturated heterocycles. The number of ether oxygens (including phenoxy) is 1. The van der Waals surface area contributed by atoms with Crippen molar-refractivity contribution in [1.29, 1.82) is 0 Å². The Hall–Kier alpha value is -2.63. The third-order valence-corrected chi connectivity index (χ3v) is 6.51. The largest absolute Gasteiger partial charge is 0.456 e. The number of nitrogens with one attached hydrogen (secondary N) is 1. The molecule has 0 unspecified atom stereocenters. The lowest BCUT2D eigenvalue weighted by molar-refractivity contribution is -0.148. The smallest absolute Gasteiger partial charge is 0.306 e. The molecule has 0 radical (unpaired) electrons. The number of anilines is 1. The van der Waals surface area contributed by atoms with E-state index in [2.05, 4.69) is 10.4 Å². The summed E-state index contributed by atoms with van der Waals surface area (Å²) in [6.07, 6.45) is 5.41. The van der Waals surface area contributed by atoms with Crippen LogP contribution in [0.25, 0.3) is 5.69 Å². The Morgan fingerprint density at radius 3 is 2.55 bits per heavy atom. The second-order valence-electron chi connectivity index (χ2n) is 8.64. The number of fused-ring (bicyclic) bond motifs is 2. The van der Waals surface area contributed by atoms with Crippen LogP contribution in [-0.2, 0) is 14.3 Å². The summed E-state index contributed by atoms with van der Waals surface area (Å²) in [5, 5.41) is 7.40. The Kier molecular flexibility index (Phi) is 5.43. The van der Waals surface area contributed by atoms with Crippen LogP contribution >= 0.6 is 0 Å². The van der Waals surface area contributed by atoms with Crippen LogP contribution in [0.3, 0.4) is 0 Å². The topological polar surface area (TPSA) is 73.2 Å². The number of aromatic nitrogens is 2. The number of hydrogen-bond acceptors (Lipinski definition) is 4. The Balaban J connectivity index is 1.32. The van der Waals surface area contributed by atoms with Crippen LogP contribution in [0, 0.1) is 38.5 Å². The van der Waals surface area contributed by atoms with Crippen LogP contribution in [0.5, 0.6) is 0 Å². The summed E-state index contributed by atoms with van der Waals surface area (Å²) >= 11 is 0. The molecule has 1 aromatic carbocycles. The Morgan fingerprint density at radius 1 is 1.14 bits per heavy atom. The molecule has 1 amide bonds. The molecule has 2 saturated carbocycles. The van der Waals surface area contributed by atoms with E-state index < -0.39 is 0 Å². The molecule has 1 N–H and O–H groups in total. The minimum absolute atomic E-state index is 0.256. The third kappa shape index (κ3) is 4.21. The van der Waals surface area contributed by atoms with Crippen molar-refractivity contribution in [3.63, 3.8) is 0 Å². The van der Waals surface area contributed by atoms with Crippen molar-refractivity contribution in [2.45, 2.75) is 52.9 Å². The van der Waals surface area contributed by atoms with Gasteiger partial charge in [-0.2, -0.15) is 5.10 Å². The summed E-state index contributed by atoms with van der Waals surface area (Å²) in [5.74, 6) is 1.33. The monoisotopic (exact) mass is 395 g/mol. The molecule has 3 atom stereocenters. The fourth-order valence-corrected chi connectivity index (χ4v) is 4.98. The molecule has 6 heteroatoms. The van der Waals surface area contributed by atoms with Gasteiger partial charge in [-0.1, -0.05) is 24.1 Å². The molecule has 2 bridgehead atoms. The zero-order valence-corrected chi connectivity index (χ0v) is 17.4. The highest BCUT2D eigenvalue weighted by atomic mass is 16.5. The second-order valence-corrected chi connectivity index (χ2v) is 8.64. The van der Waals surface area contributed by atoms with Gasteiger partial charge >= 0.3 is 5.97 Å². The maximum atomic E-state index is 12.4. The van der Waals surface area contributed by atoms with E-state index in [1.807, 2.05) is 49.7 Å². The van der Waals surface area contributed by atoms with Gasteiger partial charge in [0.25, 0.3) is 5.91 Å². The van der Waals surface area contributed by atoms with Crippen molar-refractivity contribution >= 4 is 17.6 Å². The van der Waals surface area contributed by atoms with Crippen molar-refractivity contribution in [2.75, 3.05) is 11.9 Å². The Labute approximate surface area is 171 Å². The Bertz CT molecular complexity index is 916. The predicted octanol–water partition coefficient (Wildman–Crippen LogP) is 4.11. The third-order valence-electron chi connectivity index (χ3n) is 6.51. The molecular formula is C23H29N3O3. The summed E-state index contributed by atoms with van der Waals surface area (Å²) in [4.78, 5) is 24.5. The summed E-state index contributed by atoms with van der Waals surface area (Å²) in [6.45, 7) is 5.55. The molecule has 0 aliphatic heterocycles. The number of esters is 1. The number of aryl methyl sites for hydroxylation is 2. The van der Waals surface area contributed by atoms with Gasteiger partial charge in [0.15, 0.2) is 6.61 Å². The maximum Gasteiger partial charge on any atom is 0.306 e. The lowest BCUT2D eigenvalue weighted by atomic mass is 9.86. The molecule has 4 rings (SSSR count). The van der Waals surface area contributed by atoms with Crippen LogP contribution in [0.4, 0.5) is 5.69 Å². The number of benzene rings is 1. The fourth-order valence-electron chi connectivity index (χ4n) is 4.98. The lowest BCUT2D eigenvalue weighted by Crippen LogP contribution is -2.23. The molecule has 2 aliphatic rings. The molecule has 154 valence electrons. The van der Waals surface area contributed by atoms with Gasteiger partial charge in [0.05, 0.1) is 22.8 Å². The minimum atomic E-state index is -0.332. The minimum Gasteiger partial charge on any atom is -0.456 e. The van der Waals surface area contributed by atoms with E-state index in [4.69, 9.17) is 4.74 Å². The van der Waals surface area contributed by atoms with E-state index in [0.717, 1.165) is 29.4 Å². The van der Waals surface area contributed by atoms with Crippen molar-refractivity contribution in [3.05, 3.63) is 41.2 Å². The van der Waals surface area contributed by atoms with Crippen LogP contribution in [0.2, 0.25) is 0 Å². The average molecular weight is 396 g/mol. The quantitative estimate of drug-likeness (QED) is 0.747. The van der Waals surface area contributed by atoms with E-state index in [0.29, 0.717) is 23.9 Å². The molecule has 2 aromatic rings. The number of amides is 1. The normalized spacial score (nSPS) is 22.7. The first-order chi connectivity index (χ1) is 13.9. The van der Waals surface area contributed by atoms with Gasteiger partial charge in [0.1, 0.15) is 0 Å². The van der Waals surface area contributed by atoms with Crippen molar-refractivity contribution in [2.24, 2.45) is 17.8 Å². The summed E-state index contributed by atoms with van der Waals surface area (Å²) in [7, 11) is 0. The highest BCUT2D eigenvalue weighted by Gasteiger charge is 2.40. The summed E-state index contributed by atoms with van der Waals surface area (Å²) in [5.41, 5.74) is 4.35. The van der Waals surface area contributed by atoms with E-state index >= 15 is 0 Å². The molecule has 29 heavy (non-hydrogen) atoms. The van der Waals surface area contributed by atoms with E-state index in [1.165, 1.54) is 24.8 Å². The number of rotatable bonds is 6. The van der Waals surface area contributed by atoms with Gasteiger partial charge in [-0.25, -0.2) is 4.68 Å². The first-order valence-corrected chi connectivity index (χ1v) is 10.5. The first-order valence-electron chi connectivity index (χ1n) is 10.5. The van der Waals surface area contributed by atoms with Crippen molar-refractivity contribution in [1.82, 2.24) is 9.78 Å². The number of nitrogens with zero attached hydrogens (tertiary/aromatic N) is 2. The fraction of sp³-hybridized carbons (Fsp3) is 0.522. The molecule has 2 aliphatic carbocycles. The second kappa shape index (κ2) is 8.01. The Morgan fingerprint density at radius 2 is 1.90 bits per heavy atom. The standard InChI is InChI=1S/C23H29N3O3/c1-14-4-8-20(9-5-14)26-16(3)23(15(2)25-26)24-21(27)13-29-22(28)12-19-11-17-6-7-18(19)10-17/h4-5,8-9,17-19H,6-7,10-13H2,1-3H3,(H,24,27)/t17-,18-,19+/m1/s1. The highest BCUT2D eigenvalue weighted by Crippen LogP contribution is 2.49. The zero-order valence-electron chi connectivity index (χ0n) is 17.4. The van der Waals surface area contributed by atoms with Crippen LogP contribution in [0.15, 0.2) is 24.3 Å². The van der Waals surface area contributed by atoms with Crippen LogP contribution in [0.1, 0.15) is 49.1 Å². The van der Waals surface area contributed by atoms with Crippen LogP contribution in [-0.4, -0.2) is 28.3 Å². The molecule has 0 spiro atoms. The molecule has 1 heterocycles. The molecule has 2 fully saturated rings. The van der Waals surface area contributed by atoms with E-state index in [1.54, 1.807) is 0 Å². The number of carbonyl (C=O) groups is 2. The van der Waals surface area contributed by atoms with Gasteiger partial charge < -0.3 is 10.1 Å². The lowest BCUT2D eigenvalue weighted by Gasteiger charge is -2.20. The van der Waals surface area contributed by atoms with Gasteiger partial charge in [-0.05, 0) is 69.9 Å². The average Bonchev–Trinajstić information content (AvgIpc) is 3.38.